The average Bonchev–Trinajstić information content (AvgIpc) is 2.91. The van der Waals surface area contributed by atoms with Crippen molar-refractivity contribution in [2.75, 3.05) is 26.3 Å². The van der Waals surface area contributed by atoms with Crippen molar-refractivity contribution in [3.05, 3.63) is 57.6 Å². The van der Waals surface area contributed by atoms with Crippen molar-refractivity contribution in [2.45, 2.75) is 51.6 Å². The third kappa shape index (κ3) is 10.4. The predicted molar refractivity (Wildman–Crippen MR) is 138 cm³/mol. The SMILES string of the molecule is O=C(O)CN(Cc1c(O)ccc(CO)c1CO)C(CO)[C@@H](CO)N(CC(=O)O)Cc1c(O)cc(CO)cc1CO.[Fe].[Na+]. The summed E-state index contributed by atoms with van der Waals surface area (Å²) in [5.41, 5.74) is 1.04. The first-order chi connectivity index (χ1) is 19.0. The van der Waals surface area contributed by atoms with Crippen molar-refractivity contribution < 1.29 is 107 Å². The van der Waals surface area contributed by atoms with Gasteiger partial charge in [-0.1, -0.05) is 12.1 Å². The quantitative estimate of drug-likeness (QED) is 0.0726. The summed E-state index contributed by atoms with van der Waals surface area (Å²) in [6.07, 6.45) is 0. The van der Waals surface area contributed by atoms with Gasteiger partial charge < -0.3 is 51.1 Å². The molecule has 0 bridgehead atoms. The third-order valence-corrected chi connectivity index (χ3v) is 6.72. The number of aromatic hydroxyl groups is 2. The van der Waals surface area contributed by atoms with Crippen molar-refractivity contribution in [1.29, 1.82) is 0 Å². The number of hydrogen-bond donors (Lipinski definition) is 10. The maximum Gasteiger partial charge on any atom is 1.00 e. The second-order valence-corrected chi connectivity index (χ2v) is 9.18. The molecule has 1 unspecified atom stereocenters. The topological polar surface area (TPSA) is 243 Å². The first kappa shape index (κ1) is 40.2. The number of rotatable bonds is 17. The van der Waals surface area contributed by atoms with Crippen molar-refractivity contribution in [3.63, 3.8) is 0 Å². The number of carboxylic acid groups (broad SMARTS) is 2. The molecule has 2 atom stereocenters. The Kier molecular flexibility index (Phi) is 18.6. The van der Waals surface area contributed by atoms with Crippen molar-refractivity contribution in [2.24, 2.45) is 0 Å². The van der Waals surface area contributed by atoms with E-state index in [0.717, 1.165) is 0 Å². The van der Waals surface area contributed by atoms with Crippen LogP contribution in [0.25, 0.3) is 0 Å². The number of carboxylic acids is 2. The fraction of sp³-hybridized carbons (Fsp3) is 0.462. The number of phenols is 2. The maximum atomic E-state index is 11.8. The molecule has 0 saturated heterocycles. The van der Waals surface area contributed by atoms with Gasteiger partial charge in [0.15, 0.2) is 0 Å². The Labute approximate surface area is 274 Å². The molecule has 0 aliphatic carbocycles. The maximum absolute atomic E-state index is 11.8. The fourth-order valence-corrected chi connectivity index (χ4v) is 4.74. The van der Waals surface area contributed by atoms with E-state index in [1.54, 1.807) is 0 Å². The Balaban J connectivity index is 0.00000840. The summed E-state index contributed by atoms with van der Waals surface area (Å²) in [5, 5.41) is 99.7. The van der Waals surface area contributed by atoms with E-state index in [1.807, 2.05) is 0 Å². The molecule has 0 saturated carbocycles. The van der Waals surface area contributed by atoms with Crippen LogP contribution in [-0.4, -0.2) is 111 Å². The summed E-state index contributed by atoms with van der Waals surface area (Å²) in [7, 11) is 0. The molecule has 2 rings (SSSR count). The molecule has 14 nitrogen and oxygen atoms in total. The van der Waals surface area contributed by atoms with Crippen molar-refractivity contribution in [1.82, 2.24) is 9.80 Å². The zero-order valence-corrected chi connectivity index (χ0v) is 26.2. The summed E-state index contributed by atoms with van der Waals surface area (Å²) in [4.78, 5) is 25.9. The second kappa shape index (κ2) is 19.5. The van der Waals surface area contributed by atoms with Crippen LogP contribution in [-0.2, 0) is 66.2 Å². The molecular weight excluding hydrogens is 611 g/mol. The van der Waals surface area contributed by atoms with Crippen molar-refractivity contribution in [3.8, 4) is 11.5 Å². The van der Waals surface area contributed by atoms with E-state index in [1.165, 1.54) is 34.1 Å². The van der Waals surface area contributed by atoms with Crippen LogP contribution in [0.15, 0.2) is 24.3 Å². The second-order valence-electron chi connectivity index (χ2n) is 9.18. The summed E-state index contributed by atoms with van der Waals surface area (Å²) in [5.74, 6) is -3.36. The zero-order chi connectivity index (χ0) is 30.0. The number of hydrogen-bond acceptors (Lipinski definition) is 12. The molecule has 0 spiro atoms. The van der Waals surface area contributed by atoms with Crippen LogP contribution in [0.5, 0.6) is 11.5 Å². The van der Waals surface area contributed by atoms with Crippen molar-refractivity contribution >= 4 is 11.9 Å². The Bertz CT molecular complexity index is 1170. The van der Waals surface area contributed by atoms with Gasteiger partial charge in [0.05, 0.1) is 64.8 Å². The summed E-state index contributed by atoms with van der Waals surface area (Å²) in [6.45, 7) is -5.81. The first-order valence-electron chi connectivity index (χ1n) is 12.3. The number of carbonyl (C=O) groups is 2. The number of nitrogens with zero attached hydrogens (tertiary/aromatic N) is 2. The van der Waals surface area contributed by atoms with Crippen LogP contribution in [0, 0.1) is 0 Å². The Morgan fingerprint density at radius 3 is 1.55 bits per heavy atom. The zero-order valence-electron chi connectivity index (χ0n) is 23.1. The molecule has 230 valence electrons. The molecule has 0 aliphatic rings. The number of aliphatic hydroxyl groups is 6. The van der Waals surface area contributed by atoms with E-state index in [4.69, 9.17) is 0 Å². The normalized spacial score (nSPS) is 12.5. The monoisotopic (exact) mass is 647 g/mol. The molecule has 0 fully saturated rings. The van der Waals surface area contributed by atoms with Crippen LogP contribution >= 0.6 is 0 Å². The number of aliphatic hydroxyl groups excluding tert-OH is 6. The molecule has 0 aliphatic heterocycles. The average molecular weight is 647 g/mol. The van der Waals surface area contributed by atoms with E-state index in [-0.39, 0.29) is 99.0 Å². The molecule has 16 heteroatoms. The van der Waals surface area contributed by atoms with Gasteiger partial charge in [-0.2, -0.15) is 0 Å². The fourth-order valence-electron chi connectivity index (χ4n) is 4.74. The van der Waals surface area contributed by atoms with Gasteiger partial charge in [0, 0.05) is 41.3 Å². The summed E-state index contributed by atoms with van der Waals surface area (Å²) >= 11 is 0. The van der Waals surface area contributed by atoms with Gasteiger partial charge in [-0.25, -0.2) is 0 Å². The molecule has 2 aromatic rings. The molecule has 2 aromatic carbocycles. The van der Waals surface area contributed by atoms with E-state index in [2.05, 4.69) is 0 Å². The largest absolute Gasteiger partial charge is 1.00 e. The molecule has 42 heavy (non-hydrogen) atoms. The van der Waals surface area contributed by atoms with E-state index in [9.17, 15) is 60.7 Å². The predicted octanol–water partition coefficient (Wildman–Crippen LogP) is -4.74. The summed E-state index contributed by atoms with van der Waals surface area (Å²) < 4.78 is 0. The smallest absolute Gasteiger partial charge is 0.508 e. The van der Waals surface area contributed by atoms with Gasteiger partial charge in [-0.05, 0) is 34.4 Å². The van der Waals surface area contributed by atoms with Crippen LogP contribution in [0.4, 0.5) is 0 Å². The Morgan fingerprint density at radius 2 is 1.14 bits per heavy atom. The minimum absolute atomic E-state index is 0. The minimum atomic E-state index is -1.34. The molecular formula is C26H36FeN2NaO12+. The van der Waals surface area contributed by atoms with Gasteiger partial charge >= 0.3 is 41.5 Å². The Hall–Kier alpha value is -1.82. The van der Waals surface area contributed by atoms with Gasteiger partial charge in [-0.3, -0.25) is 19.4 Å². The minimum Gasteiger partial charge on any atom is -0.508 e. The molecule has 0 heterocycles. The standard InChI is InChI=1S/C26H36N2O12.Fe.Na/c29-9-15-3-17(11-31)18(24(36)4-15)5-27(7-25(37)38)21(13-33)22(14-34)28(8-26(39)40)6-19-20(12-32)16(10-30)1-2-23(19)35;;/h1-4,21-22,29-36H,5-14H2,(H,37,38)(H,39,40);;/q;;+1/t21-,22?;;/m1../s1. The molecule has 0 amide bonds. The molecule has 0 aromatic heterocycles. The van der Waals surface area contributed by atoms with Crippen LogP contribution in [0.2, 0.25) is 0 Å². The van der Waals surface area contributed by atoms with Gasteiger partial charge in [0.1, 0.15) is 11.5 Å². The number of benzene rings is 2. The van der Waals surface area contributed by atoms with Gasteiger partial charge in [0.2, 0.25) is 0 Å². The number of aliphatic carboxylic acids is 2. The van der Waals surface area contributed by atoms with E-state index < -0.39 is 76.8 Å². The third-order valence-electron chi connectivity index (χ3n) is 6.72. The van der Waals surface area contributed by atoms with Crippen LogP contribution < -0.4 is 29.6 Å². The van der Waals surface area contributed by atoms with Gasteiger partial charge in [0.25, 0.3) is 0 Å². The summed E-state index contributed by atoms with van der Waals surface area (Å²) in [6, 6.07) is 2.78. The van der Waals surface area contributed by atoms with E-state index in [0.29, 0.717) is 5.56 Å². The van der Waals surface area contributed by atoms with Gasteiger partial charge in [-0.15, -0.1) is 0 Å². The molecule has 0 radical (unpaired) electrons. The number of phenolic OH excluding ortho intramolecular Hbond substituents is 2. The van der Waals surface area contributed by atoms with Crippen LogP contribution in [0.3, 0.4) is 0 Å². The Morgan fingerprint density at radius 1 is 0.643 bits per heavy atom. The van der Waals surface area contributed by atoms with E-state index >= 15 is 0 Å². The van der Waals surface area contributed by atoms with Crippen LogP contribution in [0.1, 0.15) is 33.4 Å². The molecule has 10 N–H and O–H groups in total. The first-order valence-corrected chi connectivity index (χ1v) is 12.3.